The molecule has 3 aromatic rings. The Kier molecular flexibility index (Phi) is 3.93. The molecule has 2 aliphatic heterocycles. The fourth-order valence-corrected chi connectivity index (χ4v) is 3.83. The molecule has 0 spiro atoms. The Morgan fingerprint density at radius 3 is 2.68 bits per heavy atom. The quantitative estimate of drug-likeness (QED) is 0.736. The van der Waals surface area contributed by atoms with Gasteiger partial charge in [-0.3, -0.25) is 4.79 Å². The van der Waals surface area contributed by atoms with E-state index in [0.717, 1.165) is 33.9 Å². The number of hydrogen-bond acceptors (Lipinski definition) is 4. The van der Waals surface area contributed by atoms with Gasteiger partial charge in [-0.25, -0.2) is 0 Å². The third kappa shape index (κ3) is 2.76. The van der Waals surface area contributed by atoms with Gasteiger partial charge < -0.3 is 19.7 Å². The number of nitrogens with one attached hydrogen (secondary N) is 1. The molecule has 5 heteroatoms. The van der Waals surface area contributed by atoms with Crippen LogP contribution in [0.5, 0.6) is 11.5 Å². The topological polar surface area (TPSA) is 50.8 Å². The van der Waals surface area contributed by atoms with Crippen molar-refractivity contribution in [3.8, 4) is 11.5 Å². The zero-order valence-electron chi connectivity index (χ0n) is 15.5. The minimum absolute atomic E-state index is 0.0141. The number of anilines is 1. The van der Waals surface area contributed by atoms with Crippen molar-refractivity contribution in [3.63, 3.8) is 0 Å². The monoisotopic (exact) mass is 372 g/mol. The Morgan fingerprint density at radius 2 is 1.79 bits per heavy atom. The maximum Gasteiger partial charge on any atom is 0.258 e. The molecule has 1 atom stereocenters. The summed E-state index contributed by atoms with van der Waals surface area (Å²) in [5, 5.41) is 3.56. The first-order valence-electron chi connectivity index (χ1n) is 9.31. The molecule has 5 nitrogen and oxygen atoms in total. The molecule has 0 aliphatic carbocycles. The van der Waals surface area contributed by atoms with Gasteiger partial charge in [0.15, 0.2) is 11.5 Å². The highest BCUT2D eigenvalue weighted by molar-refractivity contribution is 6.01. The highest BCUT2D eigenvalue weighted by Gasteiger charge is 2.33. The molecule has 5 rings (SSSR count). The van der Waals surface area contributed by atoms with Crippen LogP contribution >= 0.6 is 0 Å². The van der Waals surface area contributed by atoms with Gasteiger partial charge in [0.05, 0.1) is 5.56 Å². The number of amides is 1. The van der Waals surface area contributed by atoms with Gasteiger partial charge in [0.2, 0.25) is 6.79 Å². The average Bonchev–Trinajstić information content (AvgIpc) is 3.18. The first-order valence-corrected chi connectivity index (χ1v) is 9.31. The first-order chi connectivity index (χ1) is 13.7. The summed E-state index contributed by atoms with van der Waals surface area (Å²) < 4.78 is 10.9. The Balaban J connectivity index is 1.56. The van der Waals surface area contributed by atoms with E-state index in [4.69, 9.17) is 9.47 Å². The summed E-state index contributed by atoms with van der Waals surface area (Å²) in [6.07, 6.45) is -0.242. The molecule has 0 saturated carbocycles. The summed E-state index contributed by atoms with van der Waals surface area (Å²) in [5.41, 5.74) is 4.78. The van der Waals surface area contributed by atoms with Gasteiger partial charge in [0, 0.05) is 12.2 Å². The van der Waals surface area contributed by atoms with E-state index in [1.54, 1.807) is 0 Å². The number of ether oxygens (including phenoxy) is 2. The van der Waals surface area contributed by atoms with Crippen molar-refractivity contribution in [2.24, 2.45) is 0 Å². The van der Waals surface area contributed by atoms with Crippen LogP contribution in [0.15, 0.2) is 66.7 Å². The smallest absolute Gasteiger partial charge is 0.258 e. The van der Waals surface area contributed by atoms with Gasteiger partial charge in [-0.05, 0) is 47.9 Å². The zero-order valence-corrected chi connectivity index (χ0v) is 15.5. The van der Waals surface area contributed by atoms with Crippen LogP contribution in [-0.4, -0.2) is 17.6 Å². The predicted molar refractivity (Wildman–Crippen MR) is 106 cm³/mol. The number of hydrogen-bond donors (Lipinski definition) is 1. The van der Waals surface area contributed by atoms with Crippen LogP contribution in [0.25, 0.3) is 0 Å². The van der Waals surface area contributed by atoms with Crippen molar-refractivity contribution >= 4 is 11.6 Å². The molecular formula is C23H20N2O3. The molecule has 3 aromatic carbocycles. The van der Waals surface area contributed by atoms with Gasteiger partial charge in [-0.15, -0.1) is 0 Å². The Bertz CT molecular complexity index is 1060. The number of nitrogens with zero attached hydrogens (tertiary/aromatic N) is 1. The highest BCUT2D eigenvalue weighted by Crippen LogP contribution is 2.37. The number of fused-ring (bicyclic) bond motifs is 2. The standard InChI is InChI=1S/C23H20N2O3/c1-15-6-2-3-7-17(15)22-24-19-9-5-4-8-18(19)23(26)25(22)13-16-10-11-20-21(12-16)28-14-27-20/h2-12,22,24H,13-14H2,1H3. The number of benzene rings is 3. The fourth-order valence-electron chi connectivity index (χ4n) is 3.83. The molecule has 2 aliphatic rings. The van der Waals surface area contributed by atoms with E-state index in [1.807, 2.05) is 59.5 Å². The minimum Gasteiger partial charge on any atom is -0.454 e. The second-order valence-electron chi connectivity index (χ2n) is 7.07. The lowest BCUT2D eigenvalue weighted by Gasteiger charge is -2.39. The van der Waals surface area contributed by atoms with Gasteiger partial charge in [0.25, 0.3) is 5.91 Å². The lowest BCUT2D eigenvalue weighted by molar-refractivity contribution is 0.0666. The highest BCUT2D eigenvalue weighted by atomic mass is 16.7. The molecule has 140 valence electrons. The van der Waals surface area contributed by atoms with Crippen LogP contribution < -0.4 is 14.8 Å². The summed E-state index contributed by atoms with van der Waals surface area (Å²) in [7, 11) is 0. The molecule has 0 fully saturated rings. The van der Waals surface area contributed by atoms with E-state index in [1.165, 1.54) is 0 Å². The van der Waals surface area contributed by atoms with Crippen molar-refractivity contribution in [3.05, 3.63) is 89.0 Å². The number of para-hydroxylation sites is 1. The van der Waals surface area contributed by atoms with Crippen molar-refractivity contribution in [1.29, 1.82) is 0 Å². The lowest BCUT2D eigenvalue weighted by atomic mass is 9.99. The van der Waals surface area contributed by atoms with Crippen LogP contribution in [0.4, 0.5) is 5.69 Å². The third-order valence-electron chi connectivity index (χ3n) is 5.30. The second kappa shape index (κ2) is 6.60. The SMILES string of the molecule is Cc1ccccc1C1Nc2ccccc2C(=O)N1Cc1ccc2c(c1)OCO2. The van der Waals surface area contributed by atoms with Crippen molar-refractivity contribution < 1.29 is 14.3 Å². The van der Waals surface area contributed by atoms with Crippen molar-refractivity contribution in [1.82, 2.24) is 4.90 Å². The van der Waals surface area contributed by atoms with E-state index in [-0.39, 0.29) is 18.9 Å². The number of carbonyl (C=O) groups excluding carboxylic acids is 1. The molecule has 0 bridgehead atoms. The summed E-state index contributed by atoms with van der Waals surface area (Å²) in [4.78, 5) is 15.3. The minimum atomic E-state index is -0.242. The van der Waals surface area contributed by atoms with Crippen LogP contribution in [0.2, 0.25) is 0 Å². The van der Waals surface area contributed by atoms with E-state index in [0.29, 0.717) is 12.1 Å². The number of carbonyl (C=O) groups is 1. The normalized spacial score (nSPS) is 17.2. The second-order valence-corrected chi connectivity index (χ2v) is 7.07. The molecule has 28 heavy (non-hydrogen) atoms. The van der Waals surface area contributed by atoms with Gasteiger partial charge in [-0.1, -0.05) is 42.5 Å². The molecule has 0 aromatic heterocycles. The molecule has 1 unspecified atom stereocenters. The Hall–Kier alpha value is -3.47. The third-order valence-corrected chi connectivity index (χ3v) is 5.30. The maximum absolute atomic E-state index is 13.4. The van der Waals surface area contributed by atoms with Gasteiger partial charge >= 0.3 is 0 Å². The number of aryl methyl sites for hydroxylation is 1. The lowest BCUT2D eigenvalue weighted by Crippen LogP contribution is -2.42. The summed E-state index contributed by atoms with van der Waals surface area (Å²) >= 11 is 0. The Labute approximate surface area is 163 Å². The van der Waals surface area contributed by atoms with Gasteiger partial charge in [-0.2, -0.15) is 0 Å². The molecular weight excluding hydrogens is 352 g/mol. The van der Waals surface area contributed by atoms with E-state index < -0.39 is 0 Å². The number of rotatable bonds is 3. The fraction of sp³-hybridized carbons (Fsp3) is 0.174. The summed E-state index contributed by atoms with van der Waals surface area (Å²) in [5.74, 6) is 1.48. The van der Waals surface area contributed by atoms with E-state index in [2.05, 4.69) is 24.4 Å². The first kappa shape index (κ1) is 16.7. The summed E-state index contributed by atoms with van der Waals surface area (Å²) in [6.45, 7) is 2.78. The van der Waals surface area contributed by atoms with E-state index >= 15 is 0 Å². The predicted octanol–water partition coefficient (Wildman–Crippen LogP) is 4.49. The molecule has 1 amide bonds. The largest absolute Gasteiger partial charge is 0.454 e. The van der Waals surface area contributed by atoms with Crippen LogP contribution in [0, 0.1) is 6.92 Å². The van der Waals surface area contributed by atoms with E-state index in [9.17, 15) is 4.79 Å². The molecule has 0 radical (unpaired) electrons. The average molecular weight is 372 g/mol. The van der Waals surface area contributed by atoms with Crippen LogP contribution in [-0.2, 0) is 6.54 Å². The maximum atomic E-state index is 13.4. The summed E-state index contributed by atoms with van der Waals surface area (Å²) in [6, 6.07) is 21.7. The van der Waals surface area contributed by atoms with Crippen LogP contribution in [0.3, 0.4) is 0 Å². The van der Waals surface area contributed by atoms with Crippen molar-refractivity contribution in [2.75, 3.05) is 12.1 Å². The molecule has 0 saturated heterocycles. The molecule has 1 N–H and O–H groups in total. The van der Waals surface area contributed by atoms with Crippen LogP contribution in [0.1, 0.15) is 33.2 Å². The zero-order chi connectivity index (χ0) is 19.1. The molecule has 2 heterocycles. The van der Waals surface area contributed by atoms with Crippen molar-refractivity contribution in [2.45, 2.75) is 19.6 Å². The van der Waals surface area contributed by atoms with Gasteiger partial charge in [0.1, 0.15) is 6.17 Å². The Morgan fingerprint density at radius 1 is 1.00 bits per heavy atom.